The van der Waals surface area contributed by atoms with Crippen molar-refractivity contribution in [2.75, 3.05) is 0 Å². The molecular weight excluding hydrogens is 360 g/mol. The van der Waals surface area contributed by atoms with Crippen molar-refractivity contribution in [1.29, 1.82) is 0 Å². The molecule has 3 nitrogen and oxygen atoms in total. The van der Waals surface area contributed by atoms with Crippen LogP contribution in [0.15, 0.2) is 12.2 Å². The van der Waals surface area contributed by atoms with Crippen LogP contribution in [0.2, 0.25) is 0 Å². The second-order valence-electron chi connectivity index (χ2n) is 11.3. The van der Waals surface area contributed by atoms with Gasteiger partial charge in [0.25, 0.3) is 0 Å². The van der Waals surface area contributed by atoms with Gasteiger partial charge in [-0.2, -0.15) is 0 Å². The topological polar surface area (TPSA) is 54.4 Å². The average Bonchev–Trinajstić information content (AvgIpc) is 2.99. The lowest BCUT2D eigenvalue weighted by atomic mass is 9.50. The minimum Gasteiger partial charge on any atom is -0.481 e. The second-order valence-corrected chi connectivity index (χ2v) is 11.3. The van der Waals surface area contributed by atoms with Crippen LogP contribution in [0.5, 0.6) is 0 Å². The molecule has 0 aromatic rings. The Hall–Kier alpha value is -1.12. The lowest BCUT2D eigenvalue weighted by Gasteiger charge is -2.52. The number of fused-ring (bicyclic) bond motifs is 1. The molecule has 3 heteroatoms. The zero-order valence-corrected chi connectivity index (χ0v) is 19.2. The minimum atomic E-state index is -0.664. The minimum absolute atomic E-state index is 0.0227. The van der Waals surface area contributed by atoms with E-state index in [1.807, 2.05) is 13.0 Å². The molecule has 2 fully saturated rings. The molecule has 0 amide bonds. The fourth-order valence-corrected chi connectivity index (χ4v) is 7.48. The zero-order valence-electron chi connectivity index (χ0n) is 19.2. The molecule has 0 radical (unpaired) electrons. The molecule has 7 atom stereocenters. The highest BCUT2D eigenvalue weighted by molar-refractivity contribution is 5.96. The summed E-state index contributed by atoms with van der Waals surface area (Å²) in [6, 6.07) is 0. The van der Waals surface area contributed by atoms with Crippen LogP contribution in [0.3, 0.4) is 0 Å². The SMILES string of the molecule is CC(C)CCC[C@H](C)[C@@H]1CC[C@@H]2[C@H](C(=O)O)[C@H]([C@]3(C)CCC=CC3=O)CC[C@@]21C. The van der Waals surface area contributed by atoms with Gasteiger partial charge < -0.3 is 5.11 Å². The highest BCUT2D eigenvalue weighted by atomic mass is 16.4. The Kier molecular flexibility index (Phi) is 6.65. The number of hydrogen-bond acceptors (Lipinski definition) is 2. The van der Waals surface area contributed by atoms with E-state index in [0.29, 0.717) is 11.8 Å². The number of carbonyl (C=O) groups is 2. The van der Waals surface area contributed by atoms with Crippen LogP contribution in [0.4, 0.5) is 0 Å². The first-order valence-electron chi connectivity index (χ1n) is 12.0. The van der Waals surface area contributed by atoms with E-state index in [-0.39, 0.29) is 29.0 Å². The van der Waals surface area contributed by atoms with Gasteiger partial charge in [-0.1, -0.05) is 60.0 Å². The molecule has 3 aliphatic rings. The van der Waals surface area contributed by atoms with Gasteiger partial charge in [0.05, 0.1) is 5.92 Å². The number of carbonyl (C=O) groups excluding carboxylic acids is 1. The highest BCUT2D eigenvalue weighted by Gasteiger charge is 2.60. The van der Waals surface area contributed by atoms with E-state index in [2.05, 4.69) is 27.7 Å². The largest absolute Gasteiger partial charge is 0.481 e. The molecule has 29 heavy (non-hydrogen) atoms. The molecular formula is C26H42O3. The van der Waals surface area contributed by atoms with Crippen LogP contribution >= 0.6 is 0 Å². The van der Waals surface area contributed by atoms with Gasteiger partial charge in [-0.25, -0.2) is 0 Å². The van der Waals surface area contributed by atoms with Crippen LogP contribution in [-0.4, -0.2) is 16.9 Å². The van der Waals surface area contributed by atoms with Gasteiger partial charge >= 0.3 is 5.97 Å². The van der Waals surface area contributed by atoms with Crippen molar-refractivity contribution in [3.63, 3.8) is 0 Å². The molecule has 1 N–H and O–H groups in total. The van der Waals surface area contributed by atoms with Crippen molar-refractivity contribution in [1.82, 2.24) is 0 Å². The summed E-state index contributed by atoms with van der Waals surface area (Å²) in [7, 11) is 0. The van der Waals surface area contributed by atoms with E-state index < -0.39 is 11.4 Å². The Labute approximate surface area is 177 Å². The standard InChI is InChI=1S/C26H42O3/c1-17(2)9-8-10-18(3)19-12-13-20-23(24(28)29)21(14-16-25(19,20)4)26(5)15-7-6-11-22(26)27/h6,11,17-21,23H,7-10,12-16H2,1-5H3,(H,28,29)/t18-,19-,20+,21+,23-,25+,26-/m0/s1. The smallest absolute Gasteiger partial charge is 0.307 e. The van der Waals surface area contributed by atoms with Gasteiger partial charge in [0.15, 0.2) is 5.78 Å². The van der Waals surface area contributed by atoms with Crippen molar-refractivity contribution >= 4 is 11.8 Å². The molecule has 3 aliphatic carbocycles. The van der Waals surface area contributed by atoms with E-state index in [0.717, 1.165) is 44.4 Å². The number of aliphatic carboxylic acids is 1. The van der Waals surface area contributed by atoms with Gasteiger partial charge in [0.2, 0.25) is 0 Å². The average molecular weight is 403 g/mol. The third-order valence-corrected chi connectivity index (χ3v) is 9.24. The Morgan fingerprint density at radius 1 is 1.10 bits per heavy atom. The molecule has 0 aliphatic heterocycles. The maximum absolute atomic E-state index is 12.8. The summed E-state index contributed by atoms with van der Waals surface area (Å²) in [6.45, 7) is 11.4. The normalized spacial score (nSPS) is 40.8. The summed E-state index contributed by atoms with van der Waals surface area (Å²) >= 11 is 0. The summed E-state index contributed by atoms with van der Waals surface area (Å²) in [5, 5.41) is 10.3. The highest BCUT2D eigenvalue weighted by Crippen LogP contribution is 2.64. The maximum Gasteiger partial charge on any atom is 0.307 e. The Balaban J connectivity index is 1.80. The van der Waals surface area contributed by atoms with Gasteiger partial charge in [0.1, 0.15) is 0 Å². The van der Waals surface area contributed by atoms with Crippen molar-refractivity contribution in [2.24, 2.45) is 46.3 Å². The molecule has 0 unspecified atom stereocenters. The van der Waals surface area contributed by atoms with Gasteiger partial charge in [-0.15, -0.1) is 0 Å². The molecule has 0 aromatic heterocycles. The molecule has 0 saturated heterocycles. The van der Waals surface area contributed by atoms with Crippen molar-refractivity contribution < 1.29 is 14.7 Å². The summed E-state index contributed by atoms with van der Waals surface area (Å²) in [6.07, 6.45) is 13.3. The summed E-state index contributed by atoms with van der Waals surface area (Å²) in [5.74, 6) is 1.34. The predicted octanol–water partition coefficient (Wildman–Crippen LogP) is 6.52. The Morgan fingerprint density at radius 2 is 1.83 bits per heavy atom. The molecule has 0 heterocycles. The lowest BCUT2D eigenvalue weighted by Crippen LogP contribution is -2.52. The number of rotatable bonds is 7. The Morgan fingerprint density at radius 3 is 2.45 bits per heavy atom. The molecule has 0 aromatic carbocycles. The summed E-state index contributed by atoms with van der Waals surface area (Å²) < 4.78 is 0. The van der Waals surface area contributed by atoms with Crippen LogP contribution in [0.1, 0.15) is 92.4 Å². The third kappa shape index (κ3) is 4.08. The van der Waals surface area contributed by atoms with Crippen LogP contribution in [0, 0.1) is 46.3 Å². The predicted molar refractivity (Wildman–Crippen MR) is 118 cm³/mol. The van der Waals surface area contributed by atoms with Gasteiger partial charge in [-0.05, 0) is 79.6 Å². The van der Waals surface area contributed by atoms with Crippen molar-refractivity contribution in [2.45, 2.75) is 92.4 Å². The number of carboxylic acid groups (broad SMARTS) is 1. The first kappa shape index (κ1) is 22.6. The van der Waals surface area contributed by atoms with Crippen molar-refractivity contribution in [3.05, 3.63) is 12.2 Å². The summed E-state index contributed by atoms with van der Waals surface area (Å²) in [4.78, 5) is 25.4. The molecule has 164 valence electrons. The number of hydrogen-bond donors (Lipinski definition) is 1. The van der Waals surface area contributed by atoms with Gasteiger partial charge in [0, 0.05) is 5.41 Å². The quantitative estimate of drug-likeness (QED) is 0.527. The molecule has 0 spiro atoms. The number of carboxylic acids is 1. The van der Waals surface area contributed by atoms with E-state index in [9.17, 15) is 14.7 Å². The van der Waals surface area contributed by atoms with E-state index in [1.54, 1.807) is 6.08 Å². The van der Waals surface area contributed by atoms with Crippen LogP contribution in [0.25, 0.3) is 0 Å². The van der Waals surface area contributed by atoms with E-state index in [1.165, 1.54) is 19.3 Å². The first-order valence-corrected chi connectivity index (χ1v) is 12.0. The molecule has 3 rings (SSSR count). The van der Waals surface area contributed by atoms with E-state index >= 15 is 0 Å². The Bertz CT molecular complexity index is 650. The summed E-state index contributed by atoms with van der Waals surface area (Å²) in [5.41, 5.74) is -0.388. The maximum atomic E-state index is 12.8. The third-order valence-electron chi connectivity index (χ3n) is 9.24. The molecule has 2 saturated carbocycles. The fourth-order valence-electron chi connectivity index (χ4n) is 7.48. The van der Waals surface area contributed by atoms with E-state index in [4.69, 9.17) is 0 Å². The van der Waals surface area contributed by atoms with Crippen LogP contribution < -0.4 is 0 Å². The second kappa shape index (κ2) is 8.55. The first-order chi connectivity index (χ1) is 13.6. The fraction of sp³-hybridized carbons (Fsp3) is 0.846. The molecule has 0 bridgehead atoms. The van der Waals surface area contributed by atoms with Crippen LogP contribution in [-0.2, 0) is 9.59 Å². The lowest BCUT2D eigenvalue weighted by molar-refractivity contribution is -0.159. The number of allylic oxidation sites excluding steroid dienone is 2. The van der Waals surface area contributed by atoms with Gasteiger partial charge in [-0.3, -0.25) is 9.59 Å². The number of ketones is 1. The van der Waals surface area contributed by atoms with Crippen molar-refractivity contribution in [3.8, 4) is 0 Å². The zero-order chi connectivity index (χ0) is 21.4. The monoisotopic (exact) mass is 402 g/mol.